The Hall–Kier alpha value is -3.98. The Bertz CT molecular complexity index is 1350. The smallest absolute Gasteiger partial charge is 0.350 e. The van der Waals surface area contributed by atoms with Crippen molar-refractivity contribution in [2.24, 2.45) is 0 Å². The zero-order valence-electron chi connectivity index (χ0n) is 19.7. The summed E-state index contributed by atoms with van der Waals surface area (Å²) in [6.45, 7) is 5.31. The Morgan fingerprint density at radius 1 is 1.14 bits per heavy atom. The van der Waals surface area contributed by atoms with Crippen molar-refractivity contribution in [2.45, 2.75) is 26.8 Å². The summed E-state index contributed by atoms with van der Waals surface area (Å²) >= 11 is 0.973. The summed E-state index contributed by atoms with van der Waals surface area (Å²) in [7, 11) is 1.54. The standard InChI is InChI=1S/C26H24N2O6S/c1-5-34-25(32)23-15(3)27-26(35-23)28-20(16-9-7-6-8-10-16)19(22(30)24(28)31)21(29)18-12-11-17(33-4)13-14(18)2/h6-13,20,29H,5H2,1-4H3/t20-/m1/s1. The first kappa shape index (κ1) is 24.2. The molecule has 0 aliphatic carbocycles. The van der Waals surface area contributed by atoms with Crippen molar-refractivity contribution in [2.75, 3.05) is 18.6 Å². The number of methoxy groups -OCH3 is 1. The largest absolute Gasteiger partial charge is 0.507 e. The highest BCUT2D eigenvalue weighted by Gasteiger charge is 2.48. The number of aliphatic hydroxyl groups is 1. The summed E-state index contributed by atoms with van der Waals surface area (Å²) in [4.78, 5) is 44.9. The van der Waals surface area contributed by atoms with Gasteiger partial charge in [0.2, 0.25) is 0 Å². The molecule has 0 radical (unpaired) electrons. The zero-order chi connectivity index (χ0) is 25.3. The molecule has 9 heteroatoms. The normalized spacial score (nSPS) is 17.0. The molecule has 8 nitrogen and oxygen atoms in total. The summed E-state index contributed by atoms with van der Waals surface area (Å²) in [6, 6.07) is 13.0. The van der Waals surface area contributed by atoms with Crippen LogP contribution >= 0.6 is 11.3 Å². The molecule has 35 heavy (non-hydrogen) atoms. The molecule has 1 saturated heterocycles. The van der Waals surface area contributed by atoms with E-state index < -0.39 is 23.7 Å². The number of hydrogen-bond acceptors (Lipinski definition) is 8. The Labute approximate surface area is 206 Å². The highest BCUT2D eigenvalue weighted by Crippen LogP contribution is 2.44. The van der Waals surface area contributed by atoms with Crippen molar-refractivity contribution in [3.05, 3.63) is 81.4 Å². The third kappa shape index (κ3) is 4.30. The number of aromatic nitrogens is 1. The van der Waals surface area contributed by atoms with E-state index in [0.717, 1.165) is 11.3 Å². The number of aryl methyl sites for hydroxylation is 2. The molecule has 1 N–H and O–H groups in total. The minimum absolute atomic E-state index is 0.0556. The molecule has 1 aromatic heterocycles. The van der Waals surface area contributed by atoms with Gasteiger partial charge in [0.15, 0.2) is 5.13 Å². The summed E-state index contributed by atoms with van der Waals surface area (Å²) in [5.74, 6) is -1.91. The van der Waals surface area contributed by atoms with Crippen LogP contribution in [0, 0.1) is 13.8 Å². The van der Waals surface area contributed by atoms with E-state index in [1.54, 1.807) is 63.2 Å². The topological polar surface area (TPSA) is 106 Å². The van der Waals surface area contributed by atoms with E-state index in [1.165, 1.54) is 12.0 Å². The van der Waals surface area contributed by atoms with Crippen LogP contribution in [-0.2, 0) is 14.3 Å². The van der Waals surface area contributed by atoms with Crippen LogP contribution in [0.2, 0.25) is 0 Å². The van der Waals surface area contributed by atoms with Gasteiger partial charge < -0.3 is 14.6 Å². The van der Waals surface area contributed by atoms with Crippen LogP contribution in [0.15, 0.2) is 54.1 Å². The van der Waals surface area contributed by atoms with Gasteiger partial charge >= 0.3 is 11.9 Å². The number of carbonyl (C=O) groups excluding carboxylic acids is 3. The molecule has 0 saturated carbocycles. The molecule has 2 heterocycles. The van der Waals surface area contributed by atoms with E-state index in [0.29, 0.717) is 28.1 Å². The Morgan fingerprint density at radius 3 is 2.49 bits per heavy atom. The van der Waals surface area contributed by atoms with E-state index in [2.05, 4.69) is 4.98 Å². The maximum atomic E-state index is 13.3. The van der Waals surface area contributed by atoms with Crippen molar-refractivity contribution in [1.82, 2.24) is 4.98 Å². The molecule has 1 aliphatic heterocycles. The molecule has 0 unspecified atom stereocenters. The molecule has 0 spiro atoms. The lowest BCUT2D eigenvalue weighted by molar-refractivity contribution is -0.132. The molecule has 4 rings (SSSR count). The van der Waals surface area contributed by atoms with Gasteiger partial charge in [0.1, 0.15) is 16.4 Å². The fourth-order valence-electron chi connectivity index (χ4n) is 4.03. The van der Waals surface area contributed by atoms with Crippen molar-refractivity contribution in [3.8, 4) is 5.75 Å². The quantitative estimate of drug-likeness (QED) is 0.232. The number of aliphatic hydroxyl groups excluding tert-OH is 1. The fourth-order valence-corrected chi connectivity index (χ4v) is 5.01. The van der Waals surface area contributed by atoms with Gasteiger partial charge in [-0.25, -0.2) is 9.78 Å². The van der Waals surface area contributed by atoms with Crippen LogP contribution in [0.1, 0.15) is 45.0 Å². The third-order valence-electron chi connectivity index (χ3n) is 5.70. The minimum atomic E-state index is -0.932. The number of benzene rings is 2. The van der Waals surface area contributed by atoms with Gasteiger partial charge in [-0.05, 0) is 50.1 Å². The molecular weight excluding hydrogens is 468 g/mol. The number of ketones is 1. The molecule has 2 aromatic carbocycles. The van der Waals surface area contributed by atoms with Gasteiger partial charge in [0.25, 0.3) is 5.78 Å². The number of rotatable bonds is 6. The summed E-state index contributed by atoms with van der Waals surface area (Å²) < 4.78 is 10.3. The Morgan fingerprint density at radius 2 is 1.86 bits per heavy atom. The Balaban J connectivity index is 1.91. The van der Waals surface area contributed by atoms with Crippen molar-refractivity contribution >= 4 is 39.9 Å². The summed E-state index contributed by atoms with van der Waals surface area (Å²) in [5.41, 5.74) is 2.04. The molecule has 1 aliphatic rings. The predicted octanol–water partition coefficient (Wildman–Crippen LogP) is 4.57. The van der Waals surface area contributed by atoms with Crippen LogP contribution in [0.5, 0.6) is 5.75 Å². The monoisotopic (exact) mass is 492 g/mol. The van der Waals surface area contributed by atoms with E-state index in [9.17, 15) is 19.5 Å². The van der Waals surface area contributed by atoms with E-state index in [4.69, 9.17) is 9.47 Å². The van der Waals surface area contributed by atoms with Gasteiger partial charge in [-0.3, -0.25) is 14.5 Å². The molecule has 3 aromatic rings. The van der Waals surface area contributed by atoms with E-state index in [-0.39, 0.29) is 27.9 Å². The van der Waals surface area contributed by atoms with Crippen LogP contribution in [0.25, 0.3) is 5.76 Å². The van der Waals surface area contributed by atoms with Gasteiger partial charge in [-0.15, -0.1) is 0 Å². The number of Topliss-reactive ketones (excluding diaryl/α,β-unsaturated/α-hetero) is 1. The highest BCUT2D eigenvalue weighted by molar-refractivity contribution is 7.17. The second kappa shape index (κ2) is 9.71. The average molecular weight is 493 g/mol. The molecule has 0 bridgehead atoms. The van der Waals surface area contributed by atoms with Crippen molar-refractivity contribution in [1.29, 1.82) is 0 Å². The lowest BCUT2D eigenvalue weighted by atomic mass is 9.94. The maximum absolute atomic E-state index is 13.3. The number of esters is 1. The van der Waals surface area contributed by atoms with Crippen LogP contribution in [-0.4, -0.2) is 41.5 Å². The zero-order valence-corrected chi connectivity index (χ0v) is 20.5. The highest BCUT2D eigenvalue weighted by atomic mass is 32.1. The van der Waals surface area contributed by atoms with Gasteiger partial charge in [0, 0.05) is 5.56 Å². The lowest BCUT2D eigenvalue weighted by Gasteiger charge is -2.23. The van der Waals surface area contributed by atoms with Gasteiger partial charge in [-0.2, -0.15) is 0 Å². The first-order valence-electron chi connectivity index (χ1n) is 10.9. The number of amides is 1. The molecule has 1 atom stereocenters. The molecule has 180 valence electrons. The molecular formula is C26H24N2O6S. The number of hydrogen-bond donors (Lipinski definition) is 1. The first-order chi connectivity index (χ1) is 16.8. The second-order valence-electron chi connectivity index (χ2n) is 7.89. The average Bonchev–Trinajstić information content (AvgIpc) is 3.36. The third-order valence-corrected chi connectivity index (χ3v) is 6.84. The van der Waals surface area contributed by atoms with Gasteiger partial charge in [-0.1, -0.05) is 41.7 Å². The summed E-state index contributed by atoms with van der Waals surface area (Å²) in [6.07, 6.45) is 0. The minimum Gasteiger partial charge on any atom is -0.507 e. The number of ether oxygens (including phenoxy) is 2. The molecule has 1 amide bonds. The van der Waals surface area contributed by atoms with Gasteiger partial charge in [0.05, 0.1) is 31.0 Å². The number of carbonyl (C=O) groups is 3. The van der Waals surface area contributed by atoms with Crippen LogP contribution < -0.4 is 9.64 Å². The number of thiazole rings is 1. The second-order valence-corrected chi connectivity index (χ2v) is 8.87. The first-order valence-corrected chi connectivity index (χ1v) is 11.8. The lowest BCUT2D eigenvalue weighted by Crippen LogP contribution is -2.29. The Kier molecular flexibility index (Phi) is 6.70. The maximum Gasteiger partial charge on any atom is 0.350 e. The number of nitrogens with zero attached hydrogens (tertiary/aromatic N) is 2. The number of anilines is 1. The van der Waals surface area contributed by atoms with Crippen LogP contribution in [0.4, 0.5) is 5.13 Å². The van der Waals surface area contributed by atoms with E-state index >= 15 is 0 Å². The SMILES string of the molecule is CCOC(=O)c1sc(N2C(=O)C(=O)C(=C(O)c3ccc(OC)cc3C)[C@H]2c2ccccc2)nc1C. The van der Waals surface area contributed by atoms with Crippen LogP contribution in [0.3, 0.4) is 0 Å². The molecule has 1 fully saturated rings. The van der Waals surface area contributed by atoms with Crippen molar-refractivity contribution < 1.29 is 29.0 Å². The predicted molar refractivity (Wildman–Crippen MR) is 132 cm³/mol. The van der Waals surface area contributed by atoms with E-state index in [1.807, 2.05) is 6.07 Å². The summed E-state index contributed by atoms with van der Waals surface area (Å²) in [5, 5.41) is 11.5. The van der Waals surface area contributed by atoms with Crippen molar-refractivity contribution in [3.63, 3.8) is 0 Å². The fraction of sp³-hybridized carbons (Fsp3) is 0.231.